The molecule has 5 heteroatoms. The van der Waals surface area contributed by atoms with Crippen LogP contribution < -0.4 is 5.32 Å². The van der Waals surface area contributed by atoms with Gasteiger partial charge >= 0.3 is 0 Å². The van der Waals surface area contributed by atoms with Crippen molar-refractivity contribution in [1.29, 1.82) is 0 Å². The van der Waals surface area contributed by atoms with Gasteiger partial charge in [0.15, 0.2) is 0 Å². The summed E-state index contributed by atoms with van der Waals surface area (Å²) in [4.78, 5) is 8.50. The molecule has 0 saturated carbocycles. The molecule has 0 atom stereocenters. The maximum Gasteiger partial charge on any atom is 0.138 e. The molecule has 0 saturated heterocycles. The van der Waals surface area contributed by atoms with Crippen LogP contribution in [-0.2, 0) is 6.54 Å². The van der Waals surface area contributed by atoms with E-state index in [4.69, 9.17) is 11.6 Å². The number of rotatable bonds is 4. The van der Waals surface area contributed by atoms with Crippen LogP contribution in [-0.4, -0.2) is 21.1 Å². The van der Waals surface area contributed by atoms with Crippen LogP contribution in [0.1, 0.15) is 18.3 Å². The molecule has 0 aliphatic carbocycles. The second kappa shape index (κ2) is 5.29. The quantitative estimate of drug-likeness (QED) is 0.906. The van der Waals surface area contributed by atoms with Crippen molar-refractivity contribution in [1.82, 2.24) is 19.9 Å². The first-order chi connectivity index (χ1) is 8.22. The maximum absolute atomic E-state index is 6.11. The molecule has 90 valence electrons. The smallest absolute Gasteiger partial charge is 0.138 e. The second-order valence-corrected chi connectivity index (χ2v) is 4.17. The van der Waals surface area contributed by atoms with Gasteiger partial charge in [0.05, 0.1) is 5.02 Å². The molecule has 0 spiro atoms. The van der Waals surface area contributed by atoms with Crippen molar-refractivity contribution in [2.75, 3.05) is 6.54 Å². The topological polar surface area (TPSA) is 42.7 Å². The van der Waals surface area contributed by atoms with Crippen molar-refractivity contribution in [3.63, 3.8) is 0 Å². The van der Waals surface area contributed by atoms with Gasteiger partial charge in [0, 0.05) is 25.1 Å². The maximum atomic E-state index is 6.11. The molecule has 0 radical (unpaired) electrons. The predicted molar refractivity (Wildman–Crippen MR) is 68.5 cm³/mol. The van der Waals surface area contributed by atoms with Gasteiger partial charge in [0.2, 0.25) is 0 Å². The third kappa shape index (κ3) is 2.65. The van der Waals surface area contributed by atoms with E-state index in [1.54, 1.807) is 12.4 Å². The van der Waals surface area contributed by atoms with Gasteiger partial charge in [-0.15, -0.1) is 0 Å². The van der Waals surface area contributed by atoms with Crippen molar-refractivity contribution in [2.24, 2.45) is 0 Å². The first kappa shape index (κ1) is 12.1. The molecule has 0 unspecified atom stereocenters. The van der Waals surface area contributed by atoms with Crippen LogP contribution in [0, 0.1) is 6.92 Å². The molecule has 17 heavy (non-hydrogen) atoms. The largest absolute Gasteiger partial charge is 0.313 e. The summed E-state index contributed by atoms with van der Waals surface area (Å²) in [7, 11) is 0. The summed E-state index contributed by atoms with van der Waals surface area (Å²) in [6.45, 7) is 5.67. The highest BCUT2D eigenvalue weighted by Crippen LogP contribution is 2.18. The molecular weight excluding hydrogens is 236 g/mol. The Balaban J connectivity index is 2.34. The third-order valence-corrected chi connectivity index (χ3v) is 2.90. The number of pyridine rings is 1. The zero-order chi connectivity index (χ0) is 12.3. The standard InChI is InChI=1S/C12H15ClN4/c1-3-14-7-10-6-12(16-8-11(10)13)17-5-4-15-9(17)2/h4-6,8,14H,3,7H2,1-2H3. The van der Waals surface area contributed by atoms with Gasteiger partial charge in [0.25, 0.3) is 0 Å². The Kier molecular flexibility index (Phi) is 3.76. The number of hydrogen-bond acceptors (Lipinski definition) is 3. The number of imidazole rings is 1. The Morgan fingerprint density at radius 1 is 1.41 bits per heavy atom. The Hall–Kier alpha value is -1.39. The molecule has 4 nitrogen and oxygen atoms in total. The van der Waals surface area contributed by atoms with Crippen molar-refractivity contribution in [3.8, 4) is 5.82 Å². The lowest BCUT2D eigenvalue weighted by atomic mass is 10.2. The van der Waals surface area contributed by atoms with E-state index in [2.05, 4.69) is 22.2 Å². The van der Waals surface area contributed by atoms with Crippen LogP contribution in [0.3, 0.4) is 0 Å². The molecule has 0 aliphatic heterocycles. The molecule has 0 aromatic carbocycles. The van der Waals surface area contributed by atoms with E-state index in [0.29, 0.717) is 5.02 Å². The van der Waals surface area contributed by atoms with Crippen molar-refractivity contribution < 1.29 is 0 Å². The Morgan fingerprint density at radius 3 is 2.88 bits per heavy atom. The predicted octanol–water partition coefficient (Wildman–Crippen LogP) is 2.34. The Labute approximate surface area is 106 Å². The van der Waals surface area contributed by atoms with Crippen molar-refractivity contribution in [3.05, 3.63) is 41.1 Å². The number of nitrogens with zero attached hydrogens (tertiary/aromatic N) is 3. The molecular formula is C12H15ClN4. The highest BCUT2D eigenvalue weighted by atomic mass is 35.5. The van der Waals surface area contributed by atoms with E-state index in [9.17, 15) is 0 Å². The van der Waals surface area contributed by atoms with Crippen molar-refractivity contribution in [2.45, 2.75) is 20.4 Å². The van der Waals surface area contributed by atoms with Gasteiger partial charge in [-0.25, -0.2) is 9.97 Å². The highest BCUT2D eigenvalue weighted by molar-refractivity contribution is 6.31. The molecule has 2 heterocycles. The van der Waals surface area contributed by atoms with Gasteiger partial charge in [-0.2, -0.15) is 0 Å². The summed E-state index contributed by atoms with van der Waals surface area (Å²) in [5.41, 5.74) is 1.05. The van der Waals surface area contributed by atoms with Crippen LogP contribution in [0.4, 0.5) is 0 Å². The fraction of sp³-hybridized carbons (Fsp3) is 0.333. The minimum Gasteiger partial charge on any atom is -0.313 e. The summed E-state index contributed by atoms with van der Waals surface area (Å²) in [5, 5.41) is 3.94. The van der Waals surface area contributed by atoms with Gasteiger partial charge in [0.1, 0.15) is 11.6 Å². The zero-order valence-corrected chi connectivity index (χ0v) is 10.7. The van der Waals surface area contributed by atoms with E-state index in [1.165, 1.54) is 0 Å². The molecule has 0 fully saturated rings. The molecule has 0 amide bonds. The minimum atomic E-state index is 0.687. The SMILES string of the molecule is CCNCc1cc(-n2ccnc2C)ncc1Cl. The number of halogens is 1. The monoisotopic (exact) mass is 250 g/mol. The summed E-state index contributed by atoms with van der Waals surface area (Å²) >= 11 is 6.11. The van der Waals surface area contributed by atoms with Crippen LogP contribution >= 0.6 is 11.6 Å². The molecule has 2 aromatic rings. The number of aromatic nitrogens is 3. The van der Waals surface area contributed by atoms with E-state index < -0.39 is 0 Å². The number of hydrogen-bond donors (Lipinski definition) is 1. The van der Waals surface area contributed by atoms with Crippen LogP contribution in [0.25, 0.3) is 5.82 Å². The fourth-order valence-electron chi connectivity index (χ4n) is 1.61. The number of aryl methyl sites for hydroxylation is 1. The van der Waals surface area contributed by atoms with E-state index in [0.717, 1.165) is 30.3 Å². The van der Waals surface area contributed by atoms with Crippen LogP contribution in [0.2, 0.25) is 5.02 Å². The minimum absolute atomic E-state index is 0.687. The zero-order valence-electron chi connectivity index (χ0n) is 9.94. The van der Waals surface area contributed by atoms with E-state index in [-0.39, 0.29) is 0 Å². The van der Waals surface area contributed by atoms with Gasteiger partial charge in [-0.3, -0.25) is 4.57 Å². The van der Waals surface area contributed by atoms with Gasteiger partial charge in [-0.05, 0) is 25.1 Å². The third-order valence-electron chi connectivity index (χ3n) is 2.56. The summed E-state index contributed by atoms with van der Waals surface area (Å²) in [5.74, 6) is 1.76. The first-order valence-corrected chi connectivity index (χ1v) is 5.95. The van der Waals surface area contributed by atoms with Crippen molar-refractivity contribution >= 4 is 11.6 Å². The average molecular weight is 251 g/mol. The summed E-state index contributed by atoms with van der Waals surface area (Å²) in [6.07, 6.45) is 5.33. The van der Waals surface area contributed by atoms with Crippen LogP contribution in [0.15, 0.2) is 24.7 Å². The first-order valence-electron chi connectivity index (χ1n) is 5.58. The lowest BCUT2D eigenvalue weighted by molar-refractivity contribution is 0.724. The van der Waals surface area contributed by atoms with E-state index >= 15 is 0 Å². The molecule has 1 N–H and O–H groups in total. The Morgan fingerprint density at radius 2 is 2.24 bits per heavy atom. The molecule has 0 bridgehead atoms. The summed E-state index contributed by atoms with van der Waals surface area (Å²) < 4.78 is 1.94. The molecule has 2 rings (SSSR count). The molecule has 2 aromatic heterocycles. The number of nitrogens with one attached hydrogen (secondary N) is 1. The molecule has 0 aliphatic rings. The summed E-state index contributed by atoms with van der Waals surface area (Å²) in [6, 6.07) is 1.99. The lowest BCUT2D eigenvalue weighted by Crippen LogP contribution is -2.13. The highest BCUT2D eigenvalue weighted by Gasteiger charge is 2.06. The van der Waals surface area contributed by atoms with Crippen LogP contribution in [0.5, 0.6) is 0 Å². The van der Waals surface area contributed by atoms with Gasteiger partial charge < -0.3 is 5.32 Å². The Bertz CT molecular complexity index is 507. The van der Waals surface area contributed by atoms with E-state index in [1.807, 2.05) is 23.8 Å². The van der Waals surface area contributed by atoms with Gasteiger partial charge in [-0.1, -0.05) is 18.5 Å². The second-order valence-electron chi connectivity index (χ2n) is 3.76. The average Bonchev–Trinajstić information content (AvgIpc) is 2.75. The fourth-order valence-corrected chi connectivity index (χ4v) is 1.78. The lowest BCUT2D eigenvalue weighted by Gasteiger charge is -2.09. The normalized spacial score (nSPS) is 10.8.